The SMILES string of the molecule is CC(C#N)COc1ccc(OCc2ccccc2)cc1. The van der Waals surface area contributed by atoms with Crippen LogP contribution in [0.2, 0.25) is 0 Å². The van der Waals surface area contributed by atoms with Crippen molar-refractivity contribution in [3.63, 3.8) is 0 Å². The summed E-state index contributed by atoms with van der Waals surface area (Å²) in [6, 6.07) is 19.6. The van der Waals surface area contributed by atoms with Gasteiger partial charge in [0.05, 0.1) is 12.0 Å². The van der Waals surface area contributed by atoms with Crippen LogP contribution >= 0.6 is 0 Å². The molecule has 3 nitrogen and oxygen atoms in total. The summed E-state index contributed by atoms with van der Waals surface area (Å²) in [4.78, 5) is 0. The van der Waals surface area contributed by atoms with E-state index in [2.05, 4.69) is 6.07 Å². The number of hydrogen-bond acceptors (Lipinski definition) is 3. The van der Waals surface area contributed by atoms with Crippen LogP contribution in [0.15, 0.2) is 54.6 Å². The summed E-state index contributed by atoms with van der Waals surface area (Å²) in [5, 5.41) is 8.69. The molecule has 2 aromatic rings. The van der Waals surface area contributed by atoms with Crippen LogP contribution in [0.3, 0.4) is 0 Å². The highest BCUT2D eigenvalue weighted by atomic mass is 16.5. The lowest BCUT2D eigenvalue weighted by Gasteiger charge is -2.09. The highest BCUT2D eigenvalue weighted by Crippen LogP contribution is 2.19. The summed E-state index contributed by atoms with van der Waals surface area (Å²) in [7, 11) is 0. The molecule has 0 fully saturated rings. The molecule has 0 spiro atoms. The van der Waals surface area contributed by atoms with Crippen LogP contribution in [0.25, 0.3) is 0 Å². The van der Waals surface area contributed by atoms with Crippen molar-refractivity contribution in [2.45, 2.75) is 13.5 Å². The van der Waals surface area contributed by atoms with E-state index in [4.69, 9.17) is 14.7 Å². The zero-order chi connectivity index (χ0) is 14.2. The number of benzene rings is 2. The van der Waals surface area contributed by atoms with Gasteiger partial charge in [0, 0.05) is 0 Å². The molecule has 0 aromatic heterocycles. The molecule has 0 amide bonds. The number of nitrogens with zero attached hydrogens (tertiary/aromatic N) is 1. The van der Waals surface area contributed by atoms with Crippen LogP contribution in [-0.4, -0.2) is 6.61 Å². The molecule has 1 atom stereocenters. The summed E-state index contributed by atoms with van der Waals surface area (Å²) >= 11 is 0. The standard InChI is InChI=1S/C17H17NO2/c1-14(11-18)12-19-16-7-9-17(10-8-16)20-13-15-5-3-2-4-6-15/h2-10,14H,12-13H2,1H3. The van der Waals surface area contributed by atoms with E-state index in [1.165, 1.54) is 0 Å². The average molecular weight is 267 g/mol. The van der Waals surface area contributed by atoms with Gasteiger partial charge in [-0.2, -0.15) is 5.26 Å². The second-order valence-corrected chi connectivity index (χ2v) is 4.59. The van der Waals surface area contributed by atoms with Crippen molar-refractivity contribution in [3.8, 4) is 17.6 Å². The van der Waals surface area contributed by atoms with Crippen LogP contribution in [0.1, 0.15) is 12.5 Å². The van der Waals surface area contributed by atoms with Crippen molar-refractivity contribution in [1.82, 2.24) is 0 Å². The molecule has 2 rings (SSSR count). The van der Waals surface area contributed by atoms with Crippen LogP contribution in [-0.2, 0) is 6.61 Å². The smallest absolute Gasteiger partial charge is 0.120 e. The van der Waals surface area contributed by atoms with Crippen LogP contribution in [0.5, 0.6) is 11.5 Å². The van der Waals surface area contributed by atoms with Crippen molar-refractivity contribution in [2.75, 3.05) is 6.61 Å². The molecule has 3 heteroatoms. The predicted octanol–water partition coefficient (Wildman–Crippen LogP) is 3.80. The fourth-order valence-corrected chi connectivity index (χ4v) is 1.63. The molecule has 2 aromatic carbocycles. The maximum Gasteiger partial charge on any atom is 0.120 e. The Morgan fingerprint density at radius 2 is 1.55 bits per heavy atom. The second-order valence-electron chi connectivity index (χ2n) is 4.59. The Hall–Kier alpha value is -2.47. The van der Waals surface area contributed by atoms with Crippen LogP contribution in [0.4, 0.5) is 0 Å². The molecular formula is C17H17NO2. The van der Waals surface area contributed by atoms with E-state index in [0.717, 1.165) is 17.1 Å². The van der Waals surface area contributed by atoms with E-state index in [1.54, 1.807) is 0 Å². The van der Waals surface area contributed by atoms with Crippen LogP contribution < -0.4 is 9.47 Å². The summed E-state index contributed by atoms with van der Waals surface area (Å²) in [5.74, 6) is 1.44. The minimum absolute atomic E-state index is 0.107. The minimum atomic E-state index is -0.107. The van der Waals surface area contributed by atoms with E-state index in [-0.39, 0.29) is 5.92 Å². The number of hydrogen-bond donors (Lipinski definition) is 0. The summed E-state index contributed by atoms with van der Waals surface area (Å²) in [6.45, 7) is 2.78. The van der Waals surface area contributed by atoms with Gasteiger partial charge in [-0.25, -0.2) is 0 Å². The number of nitriles is 1. The molecule has 0 N–H and O–H groups in total. The molecule has 20 heavy (non-hydrogen) atoms. The van der Waals surface area contributed by atoms with Crippen molar-refractivity contribution in [1.29, 1.82) is 5.26 Å². The van der Waals surface area contributed by atoms with Gasteiger partial charge < -0.3 is 9.47 Å². The quantitative estimate of drug-likeness (QED) is 0.799. The lowest BCUT2D eigenvalue weighted by Crippen LogP contribution is -2.05. The third kappa shape index (κ3) is 4.33. The third-order valence-corrected chi connectivity index (χ3v) is 2.79. The number of rotatable bonds is 6. The Morgan fingerprint density at radius 3 is 2.15 bits per heavy atom. The molecule has 0 aliphatic carbocycles. The Labute approximate surface area is 119 Å². The predicted molar refractivity (Wildman–Crippen MR) is 77.5 cm³/mol. The molecule has 0 saturated heterocycles. The van der Waals surface area contributed by atoms with Gasteiger partial charge in [0.1, 0.15) is 24.7 Å². The van der Waals surface area contributed by atoms with E-state index in [9.17, 15) is 0 Å². The van der Waals surface area contributed by atoms with Crippen molar-refractivity contribution in [2.24, 2.45) is 5.92 Å². The topological polar surface area (TPSA) is 42.2 Å². The fraction of sp³-hybridized carbons (Fsp3) is 0.235. The van der Waals surface area contributed by atoms with Gasteiger partial charge in [0.25, 0.3) is 0 Å². The highest BCUT2D eigenvalue weighted by molar-refractivity contribution is 5.31. The highest BCUT2D eigenvalue weighted by Gasteiger charge is 2.01. The first-order chi connectivity index (χ1) is 9.78. The van der Waals surface area contributed by atoms with Gasteiger partial charge in [-0.1, -0.05) is 30.3 Å². The average Bonchev–Trinajstić information content (AvgIpc) is 2.52. The third-order valence-electron chi connectivity index (χ3n) is 2.79. The first-order valence-corrected chi connectivity index (χ1v) is 6.57. The van der Waals surface area contributed by atoms with Gasteiger partial charge in [0.15, 0.2) is 0 Å². The van der Waals surface area contributed by atoms with Crippen molar-refractivity contribution in [3.05, 3.63) is 60.2 Å². The molecule has 0 aliphatic rings. The fourth-order valence-electron chi connectivity index (χ4n) is 1.63. The molecule has 0 aliphatic heterocycles. The molecule has 1 unspecified atom stereocenters. The van der Waals surface area contributed by atoms with E-state index in [1.807, 2.05) is 61.5 Å². The lowest BCUT2D eigenvalue weighted by molar-refractivity contribution is 0.285. The summed E-state index contributed by atoms with van der Waals surface area (Å²) < 4.78 is 11.2. The van der Waals surface area contributed by atoms with Gasteiger partial charge in [-0.05, 0) is 36.8 Å². The first-order valence-electron chi connectivity index (χ1n) is 6.57. The maximum absolute atomic E-state index is 8.69. The normalized spacial score (nSPS) is 11.4. The van der Waals surface area contributed by atoms with Crippen molar-refractivity contribution < 1.29 is 9.47 Å². The molecule has 0 heterocycles. The van der Waals surface area contributed by atoms with E-state index < -0.39 is 0 Å². The Balaban J connectivity index is 1.84. The molecular weight excluding hydrogens is 250 g/mol. The van der Waals surface area contributed by atoms with E-state index >= 15 is 0 Å². The molecule has 102 valence electrons. The van der Waals surface area contributed by atoms with Crippen molar-refractivity contribution >= 4 is 0 Å². The Bertz CT molecular complexity index is 558. The molecule has 0 bridgehead atoms. The molecule has 0 saturated carbocycles. The summed E-state index contributed by atoms with van der Waals surface area (Å²) in [6.07, 6.45) is 0. The lowest BCUT2D eigenvalue weighted by atomic mass is 10.2. The molecule has 0 radical (unpaired) electrons. The zero-order valence-electron chi connectivity index (χ0n) is 11.5. The van der Waals surface area contributed by atoms with Gasteiger partial charge >= 0.3 is 0 Å². The number of ether oxygens (including phenoxy) is 2. The Morgan fingerprint density at radius 1 is 0.950 bits per heavy atom. The zero-order valence-corrected chi connectivity index (χ0v) is 11.5. The van der Waals surface area contributed by atoms with Crippen LogP contribution in [0, 0.1) is 17.2 Å². The van der Waals surface area contributed by atoms with E-state index in [0.29, 0.717) is 13.2 Å². The first kappa shape index (κ1) is 14.0. The largest absolute Gasteiger partial charge is 0.492 e. The van der Waals surface area contributed by atoms with Gasteiger partial charge in [0.2, 0.25) is 0 Å². The second kappa shape index (κ2) is 7.20. The Kier molecular flexibility index (Phi) is 5.02. The monoisotopic (exact) mass is 267 g/mol. The van der Waals surface area contributed by atoms with Gasteiger partial charge in [-0.15, -0.1) is 0 Å². The maximum atomic E-state index is 8.69. The van der Waals surface area contributed by atoms with Gasteiger partial charge in [-0.3, -0.25) is 0 Å². The summed E-state index contributed by atoms with van der Waals surface area (Å²) in [5.41, 5.74) is 1.13. The minimum Gasteiger partial charge on any atom is -0.492 e.